The van der Waals surface area contributed by atoms with Gasteiger partial charge in [0.25, 0.3) is 0 Å². The Morgan fingerprint density at radius 2 is 1.75 bits per heavy atom. The van der Waals surface area contributed by atoms with Crippen molar-refractivity contribution in [3.05, 3.63) is 29.8 Å². The number of benzene rings is 1. The van der Waals surface area contributed by atoms with E-state index >= 15 is 0 Å². The average molecular weight is 333 g/mol. The summed E-state index contributed by atoms with van der Waals surface area (Å²) in [5, 5.41) is 7.22. The van der Waals surface area contributed by atoms with Crippen molar-refractivity contribution < 1.29 is 25.8 Å². The van der Waals surface area contributed by atoms with Crippen LogP contribution in [-0.4, -0.2) is 19.8 Å². The zero-order valence-electron chi connectivity index (χ0n) is 10.1. The van der Waals surface area contributed by atoms with Gasteiger partial charge in [0.05, 0.1) is 5.84 Å². The Kier molecular flexibility index (Phi) is 5.85. The first kappa shape index (κ1) is 18.5. The summed E-state index contributed by atoms with van der Waals surface area (Å²) >= 11 is 0. The zero-order chi connectivity index (χ0) is 14.8. The first-order valence-electron chi connectivity index (χ1n) is 4.99. The third-order valence-electron chi connectivity index (χ3n) is 2.34. The van der Waals surface area contributed by atoms with Gasteiger partial charge in [0.1, 0.15) is 5.75 Å². The van der Waals surface area contributed by atoms with Gasteiger partial charge in [0.2, 0.25) is 0 Å². The van der Waals surface area contributed by atoms with Crippen LogP contribution in [0.4, 0.5) is 13.2 Å². The predicted octanol–water partition coefficient (Wildman–Crippen LogP) is 2.38. The van der Waals surface area contributed by atoms with Gasteiger partial charge in [-0.15, -0.1) is 12.4 Å². The topological polar surface area (TPSA) is 93.2 Å². The summed E-state index contributed by atoms with van der Waals surface area (Å²) in [7, 11) is -5.67. The molecule has 0 saturated carbocycles. The Hall–Kier alpha value is -1.48. The van der Waals surface area contributed by atoms with Gasteiger partial charge < -0.3 is 9.92 Å². The van der Waals surface area contributed by atoms with E-state index in [9.17, 15) is 21.6 Å². The fourth-order valence-corrected chi connectivity index (χ4v) is 1.62. The molecule has 5 nitrogen and oxygen atoms in total. The van der Waals surface area contributed by atoms with Gasteiger partial charge in [-0.05, 0) is 17.7 Å². The van der Waals surface area contributed by atoms with E-state index < -0.39 is 27.3 Å². The SMILES string of the molecule is C[C@@H](C(=N)N)c1ccc(OS(=O)(=O)C(F)(F)F)cc1.Cl. The van der Waals surface area contributed by atoms with Crippen molar-refractivity contribution in [3.63, 3.8) is 0 Å². The van der Waals surface area contributed by atoms with Crippen molar-refractivity contribution >= 4 is 28.4 Å². The molecule has 0 radical (unpaired) electrons. The van der Waals surface area contributed by atoms with Gasteiger partial charge in [0, 0.05) is 5.92 Å². The largest absolute Gasteiger partial charge is 0.534 e. The maximum atomic E-state index is 12.1. The lowest BCUT2D eigenvalue weighted by molar-refractivity contribution is -0.0500. The molecule has 1 rings (SSSR count). The van der Waals surface area contributed by atoms with Crippen molar-refractivity contribution in [1.82, 2.24) is 0 Å². The van der Waals surface area contributed by atoms with Gasteiger partial charge >= 0.3 is 15.6 Å². The molecule has 20 heavy (non-hydrogen) atoms. The van der Waals surface area contributed by atoms with Crippen LogP contribution in [0.1, 0.15) is 18.4 Å². The second-order valence-corrected chi connectivity index (χ2v) is 5.27. The molecule has 1 atom stereocenters. The average Bonchev–Trinajstić information content (AvgIpc) is 2.27. The molecular formula is C10H12ClF3N2O3S. The summed E-state index contributed by atoms with van der Waals surface area (Å²) in [6.45, 7) is 1.63. The molecule has 0 aliphatic carbocycles. The lowest BCUT2D eigenvalue weighted by atomic mass is 10.0. The fraction of sp³-hybridized carbons (Fsp3) is 0.300. The monoisotopic (exact) mass is 332 g/mol. The normalized spacial score (nSPS) is 13.2. The summed E-state index contributed by atoms with van der Waals surface area (Å²) in [6.07, 6.45) is 0. The van der Waals surface area contributed by atoms with E-state index in [0.717, 1.165) is 12.1 Å². The summed E-state index contributed by atoms with van der Waals surface area (Å²) < 4.78 is 61.6. The molecule has 0 aliphatic rings. The molecule has 10 heteroatoms. The summed E-state index contributed by atoms with van der Waals surface area (Å²) in [5.74, 6) is -0.998. The van der Waals surface area contributed by atoms with Crippen molar-refractivity contribution in [2.75, 3.05) is 0 Å². The number of halogens is 4. The molecular weight excluding hydrogens is 321 g/mol. The maximum Gasteiger partial charge on any atom is 0.534 e. The number of nitrogens with two attached hydrogens (primary N) is 1. The molecule has 0 aromatic heterocycles. The summed E-state index contributed by atoms with van der Waals surface area (Å²) in [6, 6.07) is 4.82. The number of rotatable bonds is 4. The lowest BCUT2D eigenvalue weighted by Gasteiger charge is -2.12. The van der Waals surface area contributed by atoms with Crippen molar-refractivity contribution in [3.8, 4) is 5.75 Å². The van der Waals surface area contributed by atoms with Crippen molar-refractivity contribution in [1.29, 1.82) is 5.41 Å². The van der Waals surface area contributed by atoms with Gasteiger partial charge in [-0.2, -0.15) is 21.6 Å². The van der Waals surface area contributed by atoms with Crippen LogP contribution in [0.25, 0.3) is 0 Å². The van der Waals surface area contributed by atoms with E-state index in [4.69, 9.17) is 11.1 Å². The molecule has 0 saturated heterocycles. The minimum Gasteiger partial charge on any atom is -0.387 e. The third kappa shape index (κ3) is 4.27. The van der Waals surface area contributed by atoms with Crippen molar-refractivity contribution in [2.24, 2.45) is 5.73 Å². The standard InChI is InChI=1S/C10H11F3N2O3S.ClH/c1-6(9(14)15)7-2-4-8(5-3-7)18-19(16,17)10(11,12)13;/h2-6H,1H3,(H3,14,15);1H/t6-;/m1./s1. The highest BCUT2D eigenvalue weighted by atomic mass is 35.5. The number of nitrogens with one attached hydrogen (secondary N) is 1. The lowest BCUT2D eigenvalue weighted by Crippen LogP contribution is -2.28. The number of hydrogen-bond acceptors (Lipinski definition) is 4. The maximum absolute atomic E-state index is 12.1. The van der Waals surface area contributed by atoms with Crippen LogP contribution in [0.15, 0.2) is 24.3 Å². The van der Waals surface area contributed by atoms with Crippen LogP contribution in [0.2, 0.25) is 0 Å². The van der Waals surface area contributed by atoms with E-state index in [1.807, 2.05) is 0 Å². The molecule has 1 aromatic carbocycles. The highest BCUT2D eigenvalue weighted by Crippen LogP contribution is 2.27. The van der Waals surface area contributed by atoms with Crippen LogP contribution >= 0.6 is 12.4 Å². The van der Waals surface area contributed by atoms with E-state index in [1.54, 1.807) is 6.92 Å². The quantitative estimate of drug-likeness (QED) is 0.383. The summed E-state index contributed by atoms with van der Waals surface area (Å²) in [4.78, 5) is 0. The third-order valence-corrected chi connectivity index (χ3v) is 3.31. The van der Waals surface area contributed by atoms with E-state index in [0.29, 0.717) is 5.56 Å². The Morgan fingerprint density at radius 3 is 2.10 bits per heavy atom. The van der Waals surface area contributed by atoms with Crippen LogP contribution in [0.5, 0.6) is 5.75 Å². The highest BCUT2D eigenvalue weighted by molar-refractivity contribution is 7.87. The molecule has 0 aliphatic heterocycles. The minimum atomic E-state index is -5.67. The van der Waals surface area contributed by atoms with Gasteiger partial charge in [-0.1, -0.05) is 19.1 Å². The Balaban J connectivity index is 0.00000361. The molecule has 0 bridgehead atoms. The van der Waals surface area contributed by atoms with Crippen molar-refractivity contribution in [2.45, 2.75) is 18.3 Å². The second kappa shape index (κ2) is 6.31. The molecule has 0 fully saturated rings. The Morgan fingerprint density at radius 1 is 1.30 bits per heavy atom. The summed E-state index contributed by atoms with van der Waals surface area (Å²) in [5.41, 5.74) is 0.358. The molecule has 1 aromatic rings. The van der Waals surface area contributed by atoms with Crippen LogP contribution < -0.4 is 9.92 Å². The fourth-order valence-electron chi connectivity index (χ4n) is 1.17. The first-order valence-corrected chi connectivity index (χ1v) is 6.40. The van der Waals surface area contributed by atoms with Gasteiger partial charge in [-0.3, -0.25) is 5.41 Å². The molecule has 0 spiro atoms. The number of amidine groups is 1. The zero-order valence-corrected chi connectivity index (χ0v) is 11.8. The van der Waals surface area contributed by atoms with Gasteiger partial charge in [0.15, 0.2) is 0 Å². The Labute approximate surface area is 120 Å². The minimum absolute atomic E-state index is 0. The van der Waals surface area contributed by atoms with Crippen LogP contribution in [0, 0.1) is 5.41 Å². The molecule has 3 N–H and O–H groups in total. The molecule has 0 heterocycles. The molecule has 0 amide bonds. The van der Waals surface area contributed by atoms with Crippen LogP contribution in [-0.2, 0) is 10.1 Å². The second-order valence-electron chi connectivity index (χ2n) is 3.73. The molecule has 0 unspecified atom stereocenters. The van der Waals surface area contributed by atoms with E-state index in [2.05, 4.69) is 4.18 Å². The number of alkyl halides is 3. The van der Waals surface area contributed by atoms with E-state index in [1.165, 1.54) is 12.1 Å². The first-order chi connectivity index (χ1) is 8.54. The number of hydrogen-bond donors (Lipinski definition) is 2. The smallest absolute Gasteiger partial charge is 0.387 e. The van der Waals surface area contributed by atoms with Gasteiger partial charge in [-0.25, -0.2) is 0 Å². The van der Waals surface area contributed by atoms with E-state index in [-0.39, 0.29) is 18.2 Å². The Bertz CT molecular complexity index is 572. The highest BCUT2D eigenvalue weighted by Gasteiger charge is 2.48. The predicted molar refractivity (Wildman–Crippen MR) is 69.6 cm³/mol. The molecule has 114 valence electrons. The van der Waals surface area contributed by atoms with Crippen LogP contribution in [0.3, 0.4) is 0 Å².